The highest BCUT2D eigenvalue weighted by molar-refractivity contribution is 5.93. The first kappa shape index (κ1) is 19.6. The van der Waals surface area contributed by atoms with Gasteiger partial charge in [0.05, 0.1) is 12.2 Å². The minimum absolute atomic E-state index is 0.0498. The molecule has 0 aliphatic carbocycles. The van der Waals surface area contributed by atoms with E-state index in [9.17, 15) is 9.59 Å². The van der Waals surface area contributed by atoms with Gasteiger partial charge in [-0.3, -0.25) is 4.79 Å². The Morgan fingerprint density at radius 3 is 2.46 bits per heavy atom. The average Bonchev–Trinajstić information content (AvgIpc) is 2.73. The fourth-order valence-electron chi connectivity index (χ4n) is 3.06. The molecule has 0 atom stereocenters. The Hall–Kier alpha value is -3.14. The quantitative estimate of drug-likeness (QED) is 0.425. The molecule has 0 aromatic heterocycles. The topological polar surface area (TPSA) is 55.4 Å². The maximum Gasteiger partial charge on any atom is 0.338 e. The maximum absolute atomic E-state index is 12.3. The molecule has 1 N–H and O–H groups in total. The molecule has 0 fully saturated rings. The third-order valence-electron chi connectivity index (χ3n) is 4.64. The number of esters is 1. The average molecular weight is 375 g/mol. The van der Waals surface area contributed by atoms with Crippen LogP contribution in [0.5, 0.6) is 0 Å². The molecule has 4 nitrogen and oxygen atoms in total. The fraction of sp³-hybridized carbons (Fsp3) is 0.250. The standard InChI is InChI=1S/C24H25NO3/c1-2-3-17-28-24(27)20-11-14-21(15-12-20)25-23(26)16-13-19-9-6-8-18-7-4-5-10-22(18)19/h4-12,14-15H,2-3,13,16-17H2,1H3,(H,25,26). The van der Waals surface area contributed by atoms with Crippen molar-refractivity contribution in [1.29, 1.82) is 0 Å². The molecule has 0 unspecified atom stereocenters. The van der Waals surface area contributed by atoms with Crippen molar-refractivity contribution in [2.75, 3.05) is 11.9 Å². The number of carbonyl (C=O) groups is 2. The maximum atomic E-state index is 12.3. The van der Waals surface area contributed by atoms with Crippen LogP contribution in [0, 0.1) is 0 Å². The van der Waals surface area contributed by atoms with Crippen molar-refractivity contribution in [3.63, 3.8) is 0 Å². The second kappa shape index (κ2) is 9.70. The van der Waals surface area contributed by atoms with Crippen LogP contribution in [-0.4, -0.2) is 18.5 Å². The van der Waals surface area contributed by atoms with Crippen molar-refractivity contribution in [2.24, 2.45) is 0 Å². The molecule has 1 amide bonds. The van der Waals surface area contributed by atoms with Gasteiger partial charge in [0.2, 0.25) is 5.91 Å². The van der Waals surface area contributed by atoms with Gasteiger partial charge in [-0.2, -0.15) is 0 Å². The summed E-state index contributed by atoms with van der Waals surface area (Å²) in [4.78, 5) is 24.2. The van der Waals surface area contributed by atoms with Crippen LogP contribution in [0.2, 0.25) is 0 Å². The highest BCUT2D eigenvalue weighted by Gasteiger charge is 2.09. The highest BCUT2D eigenvalue weighted by atomic mass is 16.5. The fourth-order valence-corrected chi connectivity index (χ4v) is 3.06. The number of carbonyl (C=O) groups excluding carboxylic acids is 2. The molecule has 0 bridgehead atoms. The van der Waals surface area contributed by atoms with Gasteiger partial charge in [0, 0.05) is 12.1 Å². The van der Waals surface area contributed by atoms with E-state index in [1.807, 2.05) is 25.1 Å². The normalized spacial score (nSPS) is 10.6. The van der Waals surface area contributed by atoms with E-state index in [0.717, 1.165) is 12.8 Å². The Balaban J connectivity index is 1.54. The molecule has 3 rings (SSSR count). The summed E-state index contributed by atoms with van der Waals surface area (Å²) in [6, 6.07) is 21.2. The van der Waals surface area contributed by atoms with Crippen molar-refractivity contribution >= 4 is 28.3 Å². The molecular weight excluding hydrogens is 350 g/mol. The van der Waals surface area contributed by atoms with Crippen LogP contribution < -0.4 is 5.32 Å². The summed E-state index contributed by atoms with van der Waals surface area (Å²) < 4.78 is 5.19. The van der Waals surface area contributed by atoms with Crippen LogP contribution in [0.25, 0.3) is 10.8 Å². The van der Waals surface area contributed by atoms with Gasteiger partial charge in [-0.1, -0.05) is 55.8 Å². The molecule has 4 heteroatoms. The van der Waals surface area contributed by atoms with E-state index >= 15 is 0 Å². The van der Waals surface area contributed by atoms with Gasteiger partial charge >= 0.3 is 5.97 Å². The summed E-state index contributed by atoms with van der Waals surface area (Å²) >= 11 is 0. The smallest absolute Gasteiger partial charge is 0.338 e. The Morgan fingerprint density at radius 1 is 0.929 bits per heavy atom. The van der Waals surface area contributed by atoms with Gasteiger partial charge < -0.3 is 10.1 Å². The molecule has 0 saturated heterocycles. The molecular formula is C24H25NO3. The lowest BCUT2D eigenvalue weighted by molar-refractivity contribution is -0.116. The number of rotatable bonds is 8. The first-order valence-corrected chi connectivity index (χ1v) is 9.71. The summed E-state index contributed by atoms with van der Waals surface area (Å²) in [5.74, 6) is -0.381. The molecule has 0 saturated carbocycles. The van der Waals surface area contributed by atoms with E-state index < -0.39 is 0 Å². The number of benzene rings is 3. The van der Waals surface area contributed by atoms with Crippen LogP contribution in [0.3, 0.4) is 0 Å². The van der Waals surface area contributed by atoms with E-state index in [4.69, 9.17) is 4.74 Å². The Labute approximate surface area is 165 Å². The number of amides is 1. The van der Waals surface area contributed by atoms with Crippen molar-refractivity contribution in [2.45, 2.75) is 32.6 Å². The number of ether oxygens (including phenoxy) is 1. The first-order valence-electron chi connectivity index (χ1n) is 9.71. The van der Waals surface area contributed by atoms with Crippen LogP contribution >= 0.6 is 0 Å². The summed E-state index contributed by atoms with van der Waals surface area (Å²) in [6.07, 6.45) is 2.91. The van der Waals surface area contributed by atoms with E-state index in [2.05, 4.69) is 29.6 Å². The molecule has 3 aromatic carbocycles. The Morgan fingerprint density at radius 2 is 1.68 bits per heavy atom. The van der Waals surface area contributed by atoms with Crippen LogP contribution in [0.15, 0.2) is 66.7 Å². The summed E-state index contributed by atoms with van der Waals surface area (Å²) in [7, 11) is 0. The predicted octanol–water partition coefficient (Wildman–Crippen LogP) is 5.37. The van der Waals surface area contributed by atoms with E-state index in [-0.39, 0.29) is 11.9 Å². The monoisotopic (exact) mass is 375 g/mol. The van der Waals surface area contributed by atoms with Gasteiger partial charge in [-0.25, -0.2) is 4.79 Å². The van der Waals surface area contributed by atoms with E-state index in [1.54, 1.807) is 24.3 Å². The number of anilines is 1. The second-order valence-corrected chi connectivity index (χ2v) is 6.75. The highest BCUT2D eigenvalue weighted by Crippen LogP contribution is 2.20. The van der Waals surface area contributed by atoms with Crippen LogP contribution in [0.4, 0.5) is 5.69 Å². The predicted molar refractivity (Wildman–Crippen MR) is 113 cm³/mol. The third kappa shape index (κ3) is 5.19. The summed E-state index contributed by atoms with van der Waals surface area (Å²) in [5, 5.41) is 5.25. The number of hydrogen-bond acceptors (Lipinski definition) is 3. The number of unbranched alkanes of at least 4 members (excludes halogenated alkanes) is 1. The van der Waals surface area contributed by atoms with Crippen LogP contribution in [0.1, 0.15) is 42.1 Å². The minimum atomic E-state index is -0.331. The molecule has 28 heavy (non-hydrogen) atoms. The number of nitrogens with one attached hydrogen (secondary N) is 1. The van der Waals surface area contributed by atoms with Gasteiger partial charge in [0.15, 0.2) is 0 Å². The molecule has 0 aliphatic rings. The summed E-state index contributed by atoms with van der Waals surface area (Å²) in [5.41, 5.74) is 2.33. The van der Waals surface area contributed by atoms with Gasteiger partial charge in [0.25, 0.3) is 0 Å². The van der Waals surface area contributed by atoms with Crippen LogP contribution in [-0.2, 0) is 16.0 Å². The van der Waals surface area contributed by atoms with Gasteiger partial charge in [-0.15, -0.1) is 0 Å². The second-order valence-electron chi connectivity index (χ2n) is 6.75. The molecule has 0 spiro atoms. The first-order chi connectivity index (χ1) is 13.7. The molecule has 0 radical (unpaired) electrons. The van der Waals surface area contributed by atoms with Crippen molar-refractivity contribution in [3.8, 4) is 0 Å². The lowest BCUT2D eigenvalue weighted by atomic mass is 10.0. The number of aryl methyl sites for hydroxylation is 1. The van der Waals surface area contributed by atoms with Crippen molar-refractivity contribution in [1.82, 2.24) is 0 Å². The lowest BCUT2D eigenvalue weighted by Gasteiger charge is -2.08. The van der Waals surface area contributed by atoms with E-state index in [0.29, 0.717) is 30.7 Å². The zero-order valence-corrected chi connectivity index (χ0v) is 16.1. The van der Waals surface area contributed by atoms with E-state index in [1.165, 1.54) is 16.3 Å². The summed E-state index contributed by atoms with van der Waals surface area (Å²) in [6.45, 7) is 2.48. The Kier molecular flexibility index (Phi) is 6.79. The number of hydrogen-bond donors (Lipinski definition) is 1. The molecule has 0 aliphatic heterocycles. The largest absolute Gasteiger partial charge is 0.462 e. The van der Waals surface area contributed by atoms with Crippen molar-refractivity contribution in [3.05, 3.63) is 77.9 Å². The molecule has 144 valence electrons. The SMILES string of the molecule is CCCCOC(=O)c1ccc(NC(=O)CCc2cccc3ccccc23)cc1. The van der Waals surface area contributed by atoms with Crippen molar-refractivity contribution < 1.29 is 14.3 Å². The third-order valence-corrected chi connectivity index (χ3v) is 4.64. The minimum Gasteiger partial charge on any atom is -0.462 e. The van der Waals surface area contributed by atoms with Gasteiger partial charge in [0.1, 0.15) is 0 Å². The number of fused-ring (bicyclic) bond motifs is 1. The lowest BCUT2D eigenvalue weighted by Crippen LogP contribution is -2.13. The zero-order valence-electron chi connectivity index (χ0n) is 16.1. The molecule has 3 aromatic rings. The molecule has 0 heterocycles. The Bertz CT molecular complexity index is 942. The van der Waals surface area contributed by atoms with Gasteiger partial charge in [-0.05, 0) is 53.4 Å². The zero-order chi connectivity index (χ0) is 19.8.